The molecule has 0 unspecified atom stereocenters. The fraction of sp³-hybridized carbons (Fsp3) is 0.571. The summed E-state index contributed by atoms with van der Waals surface area (Å²) in [5.74, 6) is 1.47. The number of carbonyl (C=O) groups is 2. The quantitative estimate of drug-likeness (QED) is 0.0296. The third kappa shape index (κ3) is 15.4. The molecule has 4 aromatic rings. The Morgan fingerprint density at radius 3 is 1.91 bits per heavy atom. The van der Waals surface area contributed by atoms with E-state index in [1.165, 1.54) is 11.1 Å². The first-order valence-corrected chi connectivity index (χ1v) is 23.4. The first-order valence-electron chi connectivity index (χ1n) is 23.4. The first-order chi connectivity index (χ1) is 31.3. The fourth-order valence-corrected chi connectivity index (χ4v) is 8.33. The maximum Gasteiger partial charge on any atom is 0.331 e. The van der Waals surface area contributed by atoms with Crippen molar-refractivity contribution in [2.24, 2.45) is 5.73 Å². The zero-order chi connectivity index (χ0) is 44.9. The highest BCUT2D eigenvalue weighted by Crippen LogP contribution is 2.24. The second kappa shape index (κ2) is 26.1. The van der Waals surface area contributed by atoms with E-state index in [-0.39, 0.29) is 0 Å². The molecule has 15 heteroatoms. The normalized spacial score (nSPS) is 14.8. The lowest BCUT2D eigenvalue weighted by Gasteiger charge is -2.26. The molecule has 5 heterocycles. The van der Waals surface area contributed by atoms with E-state index in [9.17, 15) is 9.59 Å². The molecule has 1 aromatic carbocycles. The summed E-state index contributed by atoms with van der Waals surface area (Å²) in [5.41, 5.74) is 11.2. The number of anilines is 3. The average Bonchev–Trinajstić information content (AvgIpc) is 3.32. The van der Waals surface area contributed by atoms with E-state index in [1.54, 1.807) is 27.3 Å². The second-order valence-corrected chi connectivity index (χ2v) is 17.0. The van der Waals surface area contributed by atoms with Crippen LogP contribution in [0.5, 0.6) is 0 Å². The third-order valence-corrected chi connectivity index (χ3v) is 12.1. The largest absolute Gasteiger partial charge is 0.424 e. The van der Waals surface area contributed by atoms with Gasteiger partial charge in [0, 0.05) is 83.4 Å². The van der Waals surface area contributed by atoms with E-state index >= 15 is 0 Å². The molecule has 6 rings (SSSR count). The molecule has 3 aromatic heterocycles. The van der Waals surface area contributed by atoms with Gasteiger partial charge in [-0.15, -0.1) is 0 Å². The summed E-state index contributed by atoms with van der Waals surface area (Å²) >= 11 is 0. The van der Waals surface area contributed by atoms with E-state index in [0.717, 1.165) is 131 Å². The van der Waals surface area contributed by atoms with Gasteiger partial charge in [-0.05, 0) is 125 Å². The van der Waals surface area contributed by atoms with Gasteiger partial charge in [-0.1, -0.05) is 36.4 Å². The Kier molecular flexibility index (Phi) is 19.8. The van der Waals surface area contributed by atoms with Crippen LogP contribution in [0.2, 0.25) is 0 Å². The molecule has 0 aliphatic carbocycles. The number of fused-ring (bicyclic) bond motifs is 3. The summed E-state index contributed by atoms with van der Waals surface area (Å²) in [4.78, 5) is 46.1. The van der Waals surface area contributed by atoms with Crippen molar-refractivity contribution in [3.05, 3.63) is 83.3 Å². The predicted octanol–water partition coefficient (Wildman–Crippen LogP) is 6.00. The molecule has 0 radical (unpaired) electrons. The number of unbranched alkanes of at least 4 members (excludes halogenated alkanes) is 2. The van der Waals surface area contributed by atoms with Gasteiger partial charge in [-0.25, -0.2) is 19.7 Å². The number of rotatable bonds is 28. The number of nitrogens with two attached hydrogens (primary N) is 1. The molecule has 15 nitrogen and oxygen atoms in total. The second-order valence-electron chi connectivity index (χ2n) is 17.0. The maximum absolute atomic E-state index is 14.0. The number of methoxy groups -OCH3 is 2. The van der Waals surface area contributed by atoms with Crippen molar-refractivity contribution in [3.8, 4) is 0 Å². The molecule has 2 aliphatic rings. The van der Waals surface area contributed by atoms with E-state index in [4.69, 9.17) is 34.6 Å². The van der Waals surface area contributed by atoms with Crippen LogP contribution in [0.1, 0.15) is 80.8 Å². The van der Waals surface area contributed by atoms with Crippen LogP contribution in [0.3, 0.4) is 0 Å². The monoisotopic (exact) mass is 882 g/mol. The number of benzene rings is 1. The minimum Gasteiger partial charge on any atom is -0.424 e. The summed E-state index contributed by atoms with van der Waals surface area (Å²) in [6, 6.07) is 16.9. The minimum absolute atomic E-state index is 0.385. The van der Waals surface area contributed by atoms with E-state index in [0.29, 0.717) is 51.5 Å². The Bertz CT molecular complexity index is 2050. The van der Waals surface area contributed by atoms with Gasteiger partial charge in [0.2, 0.25) is 6.29 Å². The number of hydrogen-bond acceptors (Lipinski definition) is 15. The number of ether oxygens (including phenoxy) is 4. The molecular formula is C49H71N9O6. The Balaban J connectivity index is 0.992. The fourth-order valence-electron chi connectivity index (χ4n) is 8.33. The van der Waals surface area contributed by atoms with Crippen LogP contribution in [-0.4, -0.2) is 135 Å². The van der Waals surface area contributed by atoms with Crippen molar-refractivity contribution < 1.29 is 28.5 Å². The molecule has 0 spiro atoms. The maximum atomic E-state index is 14.0. The summed E-state index contributed by atoms with van der Waals surface area (Å²) in [5, 5.41) is 12.1. The highest BCUT2D eigenvalue weighted by molar-refractivity contribution is 5.93. The smallest absolute Gasteiger partial charge is 0.331 e. The van der Waals surface area contributed by atoms with Gasteiger partial charge in [0.1, 0.15) is 29.5 Å². The molecule has 64 heavy (non-hydrogen) atoms. The highest BCUT2D eigenvalue weighted by Gasteiger charge is 2.27. The molecule has 0 fully saturated rings. The number of nitrogens with zero attached hydrogens (tertiary/aromatic N) is 5. The SMILES string of the molecule is COCCN(CCCCc1ccc2c(n1)NCCC2)CC[C@H](Nc1nccc2ccccc12)C(=O)O[C@@H](C)OC(=O)[C@@H](N)CCN(CCCCc1ccc2c(n1)NCCC2)CCOC. The molecule has 5 N–H and O–H groups in total. The van der Waals surface area contributed by atoms with Crippen LogP contribution in [-0.2, 0) is 54.2 Å². The van der Waals surface area contributed by atoms with Gasteiger partial charge in [0.25, 0.3) is 0 Å². The van der Waals surface area contributed by atoms with Gasteiger partial charge in [-0.3, -0.25) is 4.79 Å². The lowest BCUT2D eigenvalue weighted by Crippen LogP contribution is -2.41. The highest BCUT2D eigenvalue weighted by atomic mass is 16.7. The summed E-state index contributed by atoms with van der Waals surface area (Å²) in [7, 11) is 3.38. The molecule has 0 saturated heterocycles. The van der Waals surface area contributed by atoms with Gasteiger partial charge < -0.3 is 50.4 Å². The Morgan fingerprint density at radius 2 is 1.30 bits per heavy atom. The van der Waals surface area contributed by atoms with Gasteiger partial charge in [-0.2, -0.15) is 0 Å². The zero-order valence-electron chi connectivity index (χ0n) is 38.3. The summed E-state index contributed by atoms with van der Waals surface area (Å²) in [6.45, 7) is 8.94. The van der Waals surface area contributed by atoms with Crippen LogP contribution in [0.15, 0.2) is 60.8 Å². The van der Waals surface area contributed by atoms with Gasteiger partial charge in [0.05, 0.1) is 13.2 Å². The van der Waals surface area contributed by atoms with Gasteiger partial charge >= 0.3 is 11.9 Å². The van der Waals surface area contributed by atoms with E-state index in [2.05, 4.69) is 55.0 Å². The molecule has 0 bridgehead atoms. The average molecular weight is 882 g/mol. The van der Waals surface area contributed by atoms with Crippen molar-refractivity contribution in [1.29, 1.82) is 0 Å². The first kappa shape index (κ1) is 48.5. The number of aryl methyl sites for hydroxylation is 4. The molecule has 3 atom stereocenters. The lowest BCUT2D eigenvalue weighted by molar-refractivity contribution is -0.186. The standard InChI is InChI=1S/C49H71N9O6/c1-36(63-48(59)43(50)23-30-57(32-34-61-2)28-8-6-15-40-20-18-38-13-10-25-51-45(38)54-40)64-49(60)44(56-47-42-17-5-4-12-37(42)22-27-53-47)24-31-58(33-35-62-3)29-9-7-16-41-21-19-39-14-11-26-52-46(39)55-41/h4-5,12,17-22,27,36,43-44H,6-11,13-16,23-26,28-35,50H2,1-3H3,(H,51,54)(H,52,55)(H,53,56)/t36-,43-,44-/m0/s1. The predicted molar refractivity (Wildman–Crippen MR) is 253 cm³/mol. The van der Waals surface area contributed by atoms with Crippen LogP contribution in [0.25, 0.3) is 10.8 Å². The summed E-state index contributed by atoms with van der Waals surface area (Å²) in [6.07, 6.45) is 11.5. The lowest BCUT2D eigenvalue weighted by atomic mass is 10.1. The number of nitrogens with one attached hydrogen (secondary N) is 3. The molecule has 0 saturated carbocycles. The van der Waals surface area contributed by atoms with Crippen molar-refractivity contribution in [2.45, 2.75) is 102 Å². The number of aromatic nitrogens is 3. The number of carbonyl (C=O) groups excluding carboxylic acids is 2. The molecular weight excluding hydrogens is 811 g/mol. The van der Waals surface area contributed by atoms with Crippen molar-refractivity contribution >= 4 is 40.2 Å². The topological polar surface area (TPSA) is 178 Å². The number of pyridine rings is 3. The third-order valence-electron chi connectivity index (χ3n) is 12.1. The Labute approximate surface area is 379 Å². The van der Waals surface area contributed by atoms with Crippen molar-refractivity contribution in [1.82, 2.24) is 24.8 Å². The Morgan fingerprint density at radius 1 is 0.719 bits per heavy atom. The summed E-state index contributed by atoms with van der Waals surface area (Å²) < 4.78 is 22.3. The number of esters is 2. The molecule has 0 amide bonds. The van der Waals surface area contributed by atoms with Crippen LogP contribution < -0.4 is 21.7 Å². The van der Waals surface area contributed by atoms with Crippen molar-refractivity contribution in [2.75, 3.05) is 95.7 Å². The van der Waals surface area contributed by atoms with Gasteiger partial charge in [0.15, 0.2) is 0 Å². The van der Waals surface area contributed by atoms with Crippen LogP contribution in [0.4, 0.5) is 17.5 Å². The van der Waals surface area contributed by atoms with Crippen LogP contribution >= 0.6 is 0 Å². The Hall–Kier alpha value is -4.93. The molecule has 348 valence electrons. The zero-order valence-corrected chi connectivity index (χ0v) is 38.3. The van der Waals surface area contributed by atoms with Crippen molar-refractivity contribution in [3.63, 3.8) is 0 Å². The number of hydrogen-bond donors (Lipinski definition) is 4. The molecule has 2 aliphatic heterocycles. The van der Waals surface area contributed by atoms with E-state index < -0.39 is 30.3 Å². The van der Waals surface area contributed by atoms with E-state index in [1.807, 2.05) is 30.3 Å². The van der Waals surface area contributed by atoms with Crippen LogP contribution in [0, 0.1) is 0 Å². The minimum atomic E-state index is -1.15.